The number of hydrogen-bond acceptors (Lipinski definition) is 2. The lowest BCUT2D eigenvalue weighted by Crippen LogP contribution is -2.46. The zero-order valence-corrected chi connectivity index (χ0v) is 12.5. The van der Waals surface area contributed by atoms with Crippen LogP contribution in [-0.2, 0) is 11.2 Å². The van der Waals surface area contributed by atoms with E-state index in [4.69, 9.17) is 17.3 Å². The van der Waals surface area contributed by atoms with E-state index in [1.165, 1.54) is 32.1 Å². The standard InChI is InChI=1S/C16H23ClN2O/c17-14-8-4-5-12(9-14)10-16(20)19-15(11-18)13-6-2-1-3-7-13/h4-5,8-9,13,15H,1-3,6-7,10-11,18H2,(H,19,20). The van der Waals surface area contributed by atoms with E-state index in [1.807, 2.05) is 24.3 Å². The molecule has 2 rings (SSSR count). The van der Waals surface area contributed by atoms with Gasteiger partial charge in [0.15, 0.2) is 0 Å². The second kappa shape index (κ2) is 7.65. The molecule has 0 aliphatic heterocycles. The highest BCUT2D eigenvalue weighted by Crippen LogP contribution is 2.26. The molecule has 0 spiro atoms. The van der Waals surface area contributed by atoms with Crippen molar-refractivity contribution in [3.8, 4) is 0 Å². The zero-order chi connectivity index (χ0) is 14.4. The number of halogens is 1. The van der Waals surface area contributed by atoms with Crippen LogP contribution in [0.5, 0.6) is 0 Å². The zero-order valence-electron chi connectivity index (χ0n) is 11.8. The lowest BCUT2D eigenvalue weighted by atomic mass is 9.84. The molecule has 1 aromatic carbocycles. The van der Waals surface area contributed by atoms with Crippen molar-refractivity contribution in [1.82, 2.24) is 5.32 Å². The van der Waals surface area contributed by atoms with Crippen LogP contribution in [0.1, 0.15) is 37.7 Å². The predicted molar refractivity (Wildman–Crippen MR) is 82.7 cm³/mol. The first kappa shape index (κ1) is 15.3. The maximum Gasteiger partial charge on any atom is 0.224 e. The van der Waals surface area contributed by atoms with E-state index < -0.39 is 0 Å². The van der Waals surface area contributed by atoms with Crippen molar-refractivity contribution >= 4 is 17.5 Å². The van der Waals surface area contributed by atoms with E-state index in [1.54, 1.807) is 0 Å². The predicted octanol–water partition coefficient (Wildman–Crippen LogP) is 2.91. The fourth-order valence-corrected chi connectivity index (χ4v) is 3.21. The van der Waals surface area contributed by atoms with Crippen LogP contribution in [0.25, 0.3) is 0 Å². The van der Waals surface area contributed by atoms with E-state index in [2.05, 4.69) is 5.32 Å². The Morgan fingerprint density at radius 2 is 2.10 bits per heavy atom. The molecule has 0 radical (unpaired) electrons. The van der Waals surface area contributed by atoms with Crippen LogP contribution in [0.2, 0.25) is 5.02 Å². The maximum absolute atomic E-state index is 12.1. The topological polar surface area (TPSA) is 55.1 Å². The number of carbonyl (C=O) groups excluding carboxylic acids is 1. The molecule has 1 fully saturated rings. The van der Waals surface area contributed by atoms with Crippen LogP contribution in [-0.4, -0.2) is 18.5 Å². The Hall–Kier alpha value is -1.06. The van der Waals surface area contributed by atoms with Crippen molar-refractivity contribution in [1.29, 1.82) is 0 Å². The number of nitrogens with one attached hydrogen (secondary N) is 1. The quantitative estimate of drug-likeness (QED) is 0.877. The number of amides is 1. The lowest BCUT2D eigenvalue weighted by Gasteiger charge is -2.30. The Labute approximate surface area is 125 Å². The molecular formula is C16H23ClN2O. The summed E-state index contributed by atoms with van der Waals surface area (Å²) in [5, 5.41) is 3.76. The third-order valence-corrected chi connectivity index (χ3v) is 4.31. The van der Waals surface area contributed by atoms with Gasteiger partial charge in [0.1, 0.15) is 0 Å². The van der Waals surface area contributed by atoms with Crippen LogP contribution < -0.4 is 11.1 Å². The van der Waals surface area contributed by atoms with Crippen LogP contribution >= 0.6 is 11.6 Å². The van der Waals surface area contributed by atoms with E-state index in [0.29, 0.717) is 23.9 Å². The highest BCUT2D eigenvalue weighted by atomic mass is 35.5. The first-order chi connectivity index (χ1) is 9.69. The monoisotopic (exact) mass is 294 g/mol. The molecule has 1 saturated carbocycles. The van der Waals surface area contributed by atoms with Crippen LogP contribution in [0.15, 0.2) is 24.3 Å². The average Bonchev–Trinajstić information content (AvgIpc) is 2.45. The highest BCUT2D eigenvalue weighted by molar-refractivity contribution is 6.30. The van der Waals surface area contributed by atoms with Gasteiger partial charge < -0.3 is 11.1 Å². The normalized spacial score (nSPS) is 17.7. The van der Waals surface area contributed by atoms with Crippen molar-refractivity contribution in [3.63, 3.8) is 0 Å². The van der Waals surface area contributed by atoms with Crippen LogP contribution in [0, 0.1) is 5.92 Å². The van der Waals surface area contributed by atoms with Gasteiger partial charge in [-0.3, -0.25) is 4.79 Å². The summed E-state index contributed by atoms with van der Waals surface area (Å²) in [6.45, 7) is 0.520. The van der Waals surface area contributed by atoms with Crippen molar-refractivity contribution in [2.75, 3.05) is 6.54 Å². The van der Waals surface area contributed by atoms with Gasteiger partial charge in [-0.2, -0.15) is 0 Å². The molecule has 0 aromatic heterocycles. The van der Waals surface area contributed by atoms with Gasteiger partial charge in [0.25, 0.3) is 0 Å². The molecule has 1 aliphatic rings. The molecule has 1 amide bonds. The number of hydrogen-bond donors (Lipinski definition) is 2. The SMILES string of the molecule is NCC(NC(=O)Cc1cccc(Cl)c1)C1CCCCC1. The van der Waals surface area contributed by atoms with E-state index in [0.717, 1.165) is 5.56 Å². The molecule has 110 valence electrons. The number of benzene rings is 1. The number of nitrogens with two attached hydrogens (primary N) is 1. The summed E-state index contributed by atoms with van der Waals surface area (Å²) < 4.78 is 0. The molecule has 1 aromatic rings. The summed E-state index contributed by atoms with van der Waals surface area (Å²) in [7, 11) is 0. The molecule has 1 unspecified atom stereocenters. The molecule has 0 saturated heterocycles. The fourth-order valence-electron chi connectivity index (χ4n) is 3.00. The molecule has 1 atom stereocenters. The van der Waals surface area contributed by atoms with Gasteiger partial charge in [-0.15, -0.1) is 0 Å². The minimum Gasteiger partial charge on any atom is -0.352 e. The van der Waals surface area contributed by atoms with E-state index >= 15 is 0 Å². The first-order valence-electron chi connectivity index (χ1n) is 7.43. The summed E-state index contributed by atoms with van der Waals surface area (Å²) in [5.74, 6) is 0.574. The summed E-state index contributed by atoms with van der Waals surface area (Å²) in [6, 6.07) is 7.55. The summed E-state index contributed by atoms with van der Waals surface area (Å²) >= 11 is 5.93. The van der Waals surface area contributed by atoms with E-state index in [9.17, 15) is 4.79 Å². The summed E-state index contributed by atoms with van der Waals surface area (Å²) in [6.07, 6.45) is 6.54. The molecule has 1 aliphatic carbocycles. The number of rotatable bonds is 5. The van der Waals surface area contributed by atoms with Crippen molar-refractivity contribution in [3.05, 3.63) is 34.9 Å². The smallest absolute Gasteiger partial charge is 0.224 e. The second-order valence-electron chi connectivity index (χ2n) is 5.61. The van der Waals surface area contributed by atoms with Gasteiger partial charge in [0, 0.05) is 17.6 Å². The van der Waals surface area contributed by atoms with Gasteiger partial charge in [-0.05, 0) is 36.5 Å². The summed E-state index contributed by atoms with van der Waals surface area (Å²) in [5.41, 5.74) is 6.77. The molecule has 4 heteroatoms. The fraction of sp³-hybridized carbons (Fsp3) is 0.562. The Kier molecular flexibility index (Phi) is 5.86. The third-order valence-electron chi connectivity index (χ3n) is 4.07. The van der Waals surface area contributed by atoms with Crippen LogP contribution in [0.3, 0.4) is 0 Å². The Morgan fingerprint density at radius 3 is 2.75 bits per heavy atom. The molecular weight excluding hydrogens is 272 g/mol. The highest BCUT2D eigenvalue weighted by Gasteiger charge is 2.23. The average molecular weight is 295 g/mol. The molecule has 3 nitrogen and oxygen atoms in total. The van der Waals surface area contributed by atoms with Gasteiger partial charge in [0.2, 0.25) is 5.91 Å². The first-order valence-corrected chi connectivity index (χ1v) is 7.80. The molecule has 20 heavy (non-hydrogen) atoms. The Bertz CT molecular complexity index is 444. The summed E-state index contributed by atoms with van der Waals surface area (Å²) in [4.78, 5) is 12.1. The largest absolute Gasteiger partial charge is 0.352 e. The van der Waals surface area contributed by atoms with Crippen molar-refractivity contribution in [2.45, 2.75) is 44.6 Å². The minimum absolute atomic E-state index is 0.0355. The van der Waals surface area contributed by atoms with Crippen molar-refractivity contribution < 1.29 is 4.79 Å². The minimum atomic E-state index is 0.0355. The molecule has 0 heterocycles. The Balaban J connectivity index is 1.88. The Morgan fingerprint density at radius 1 is 1.35 bits per heavy atom. The lowest BCUT2D eigenvalue weighted by molar-refractivity contribution is -0.121. The maximum atomic E-state index is 12.1. The third kappa shape index (κ3) is 4.50. The number of carbonyl (C=O) groups is 1. The second-order valence-corrected chi connectivity index (χ2v) is 6.05. The van der Waals surface area contributed by atoms with Gasteiger partial charge in [-0.1, -0.05) is 43.0 Å². The molecule has 0 bridgehead atoms. The van der Waals surface area contributed by atoms with Crippen molar-refractivity contribution in [2.24, 2.45) is 11.7 Å². The van der Waals surface area contributed by atoms with E-state index in [-0.39, 0.29) is 11.9 Å². The van der Waals surface area contributed by atoms with Gasteiger partial charge >= 0.3 is 0 Å². The van der Waals surface area contributed by atoms with Gasteiger partial charge in [-0.25, -0.2) is 0 Å². The molecule has 3 N–H and O–H groups in total. The van der Waals surface area contributed by atoms with Crippen LogP contribution in [0.4, 0.5) is 0 Å². The van der Waals surface area contributed by atoms with Gasteiger partial charge in [0.05, 0.1) is 6.42 Å².